The molecule has 8 aromatic carbocycles. The molecule has 8 heteroatoms. The summed E-state index contributed by atoms with van der Waals surface area (Å²) in [6, 6.07) is 84.2. The molecule has 0 amide bonds. The van der Waals surface area contributed by atoms with E-state index in [0.717, 1.165) is 134 Å². The van der Waals surface area contributed by atoms with Crippen molar-refractivity contribution < 1.29 is 9.47 Å². The zero-order valence-electron chi connectivity index (χ0n) is 42.3. The number of hydrogen-bond donors (Lipinski definition) is 0. The lowest BCUT2D eigenvalue weighted by Gasteiger charge is -2.13. The number of benzene rings is 8. The van der Waals surface area contributed by atoms with Crippen LogP contribution in [0.2, 0.25) is 0 Å². The number of hydrogen-bond acceptors (Lipinski definition) is 6. The van der Waals surface area contributed by atoms with Crippen molar-refractivity contribution in [2.75, 3.05) is 0 Å². The van der Waals surface area contributed by atoms with Crippen LogP contribution in [0.25, 0.3) is 111 Å². The van der Waals surface area contributed by atoms with Gasteiger partial charge in [-0.1, -0.05) is 146 Å². The molecule has 0 fully saturated rings. The van der Waals surface area contributed by atoms with Crippen LogP contribution in [0.15, 0.2) is 267 Å². The average Bonchev–Trinajstić information content (AvgIpc) is 4.07. The summed E-state index contributed by atoms with van der Waals surface area (Å²) >= 11 is 0. The van der Waals surface area contributed by atoms with Gasteiger partial charge in [0.2, 0.25) is 0 Å². The summed E-state index contributed by atoms with van der Waals surface area (Å²) in [4.78, 5) is 19.3. The normalized spacial score (nSPS) is 11.4. The van der Waals surface area contributed by atoms with Gasteiger partial charge in [0.1, 0.15) is 24.7 Å². The first-order valence-corrected chi connectivity index (χ1v) is 26.1. The summed E-state index contributed by atoms with van der Waals surface area (Å²) in [5.74, 6) is 1.56. The summed E-state index contributed by atoms with van der Waals surface area (Å²) in [7, 11) is 0. The van der Waals surface area contributed by atoms with Crippen molar-refractivity contribution in [2.45, 2.75) is 13.2 Å². The number of fused-ring (bicyclic) bond motifs is 6. The van der Waals surface area contributed by atoms with Gasteiger partial charge in [-0.05, 0) is 119 Å². The smallest absolute Gasteiger partial charge is 0.120 e. The second kappa shape index (κ2) is 20.0. The summed E-state index contributed by atoms with van der Waals surface area (Å²) in [6.07, 6.45) is 7.63. The Morgan fingerprint density at radius 1 is 0.295 bits per heavy atom. The average molecular weight is 1010 g/mol. The molecule has 0 atom stereocenters. The molecule has 0 aliphatic carbocycles. The number of aromatic nitrogens is 6. The van der Waals surface area contributed by atoms with E-state index in [4.69, 9.17) is 19.4 Å². The Bertz CT molecular complexity index is 4090. The van der Waals surface area contributed by atoms with Gasteiger partial charge in [0.15, 0.2) is 0 Å². The highest BCUT2D eigenvalue weighted by Crippen LogP contribution is 2.38. The Morgan fingerprint density at radius 3 is 1.01 bits per heavy atom. The zero-order chi connectivity index (χ0) is 51.8. The standard InChI is InChI=1S/C70H48N6O2/c1-5-15-49(16-6-1)63-35-47(36-64(73-63)50-17-7-2-8-18-50)45-77-57-27-29-67-59(41-57)61-43-71-33-31-69(61)75(67)55-25-13-23-53(39-55)54-24-14-26-56(40-54)76-68-30-28-58(42-60(68)62-44-72-34-32-70(62)76)78-46-48-37-65(51-19-9-3-10-20-51)74-66(38-48)52-21-11-4-12-22-52/h1-44H,45-46H2. The van der Waals surface area contributed by atoms with E-state index < -0.39 is 0 Å². The van der Waals surface area contributed by atoms with Crippen molar-refractivity contribution in [1.82, 2.24) is 29.1 Å². The molecule has 0 spiro atoms. The zero-order valence-corrected chi connectivity index (χ0v) is 42.3. The van der Waals surface area contributed by atoms with E-state index >= 15 is 0 Å². The predicted molar refractivity (Wildman–Crippen MR) is 315 cm³/mol. The van der Waals surface area contributed by atoms with E-state index in [2.05, 4.69) is 189 Å². The molecule has 0 radical (unpaired) electrons. The highest BCUT2D eigenvalue weighted by molar-refractivity contribution is 6.10. The van der Waals surface area contributed by atoms with Crippen LogP contribution in [-0.4, -0.2) is 29.1 Å². The molecule has 8 nitrogen and oxygen atoms in total. The van der Waals surface area contributed by atoms with Crippen molar-refractivity contribution in [1.29, 1.82) is 0 Å². The van der Waals surface area contributed by atoms with Crippen molar-refractivity contribution in [3.8, 4) is 79.0 Å². The van der Waals surface area contributed by atoms with Gasteiger partial charge in [0.25, 0.3) is 0 Å². The molecule has 0 aliphatic heterocycles. The molecule has 0 saturated carbocycles. The Balaban J connectivity index is 0.761. The first kappa shape index (κ1) is 46.1. The molecule has 0 N–H and O–H groups in total. The Morgan fingerprint density at radius 2 is 0.641 bits per heavy atom. The summed E-state index contributed by atoms with van der Waals surface area (Å²) < 4.78 is 17.9. The number of pyridine rings is 4. The van der Waals surface area contributed by atoms with Crippen molar-refractivity contribution in [3.63, 3.8) is 0 Å². The SMILES string of the molecule is c1ccc(-c2cc(COc3ccc4c(c3)c3cnccc3n4-c3cccc(-c4cccc(-n5c6ccncc6c6cc(OCc7cc(-c8ccccc8)nc(-c8ccccc8)c7)ccc65)c4)c3)cc(-c3ccccc3)n2)cc1. The first-order chi connectivity index (χ1) is 38.6. The number of nitrogens with zero attached hydrogens (tertiary/aromatic N) is 6. The number of ether oxygens (including phenoxy) is 2. The van der Waals surface area contributed by atoms with Crippen LogP contribution in [0.5, 0.6) is 11.5 Å². The largest absolute Gasteiger partial charge is 0.489 e. The lowest BCUT2D eigenvalue weighted by molar-refractivity contribution is 0.306. The summed E-state index contributed by atoms with van der Waals surface area (Å²) in [5.41, 5.74) is 18.5. The monoisotopic (exact) mass is 1000 g/mol. The van der Waals surface area contributed by atoms with Gasteiger partial charge < -0.3 is 18.6 Å². The predicted octanol–water partition coefficient (Wildman–Crippen LogP) is 17.0. The molecule has 0 bridgehead atoms. The maximum absolute atomic E-state index is 6.61. The van der Waals surface area contributed by atoms with Gasteiger partial charge in [-0.25, -0.2) is 9.97 Å². The minimum Gasteiger partial charge on any atom is -0.489 e. The molecule has 370 valence electrons. The lowest BCUT2D eigenvalue weighted by Crippen LogP contribution is -1.99. The van der Waals surface area contributed by atoms with Gasteiger partial charge in [0, 0.05) is 80.0 Å². The first-order valence-electron chi connectivity index (χ1n) is 26.1. The van der Waals surface area contributed by atoms with Crippen LogP contribution in [0.4, 0.5) is 0 Å². The molecular formula is C70H48N6O2. The van der Waals surface area contributed by atoms with E-state index in [-0.39, 0.29) is 0 Å². The fourth-order valence-electron chi connectivity index (χ4n) is 10.8. The van der Waals surface area contributed by atoms with Crippen molar-refractivity contribution in [2.24, 2.45) is 0 Å². The van der Waals surface area contributed by atoms with Crippen LogP contribution >= 0.6 is 0 Å². The van der Waals surface area contributed by atoms with Gasteiger partial charge in [0.05, 0.1) is 44.8 Å². The highest BCUT2D eigenvalue weighted by Gasteiger charge is 2.18. The van der Waals surface area contributed by atoms with Crippen LogP contribution in [-0.2, 0) is 13.2 Å². The fourth-order valence-corrected chi connectivity index (χ4v) is 10.8. The fraction of sp³-hybridized carbons (Fsp3) is 0.0286. The van der Waals surface area contributed by atoms with Gasteiger partial charge in [-0.15, -0.1) is 0 Å². The topological polar surface area (TPSA) is 79.9 Å². The molecule has 0 saturated heterocycles. The summed E-state index contributed by atoms with van der Waals surface area (Å²) in [5, 5.41) is 4.23. The highest BCUT2D eigenvalue weighted by atomic mass is 16.5. The molecule has 14 rings (SSSR count). The van der Waals surface area contributed by atoms with Crippen LogP contribution in [0, 0.1) is 0 Å². The van der Waals surface area contributed by atoms with Crippen LogP contribution < -0.4 is 9.47 Å². The number of rotatable bonds is 13. The van der Waals surface area contributed by atoms with Crippen molar-refractivity contribution in [3.05, 3.63) is 279 Å². The molecule has 14 aromatic rings. The lowest BCUT2D eigenvalue weighted by atomic mass is 10.0. The maximum atomic E-state index is 6.61. The van der Waals surface area contributed by atoms with E-state index in [0.29, 0.717) is 13.2 Å². The minimum absolute atomic E-state index is 0.382. The van der Waals surface area contributed by atoms with E-state index in [9.17, 15) is 0 Å². The quantitative estimate of drug-likeness (QED) is 0.114. The van der Waals surface area contributed by atoms with Crippen LogP contribution in [0.1, 0.15) is 11.1 Å². The minimum atomic E-state index is 0.382. The molecule has 78 heavy (non-hydrogen) atoms. The van der Waals surface area contributed by atoms with Gasteiger partial charge >= 0.3 is 0 Å². The molecule has 6 heterocycles. The Hall–Kier alpha value is -10.4. The Labute approximate surface area is 450 Å². The maximum Gasteiger partial charge on any atom is 0.120 e. The molecule has 0 aliphatic rings. The Kier molecular flexibility index (Phi) is 11.8. The third kappa shape index (κ3) is 8.87. The second-order valence-corrected chi connectivity index (χ2v) is 19.4. The van der Waals surface area contributed by atoms with E-state index in [1.54, 1.807) is 0 Å². The van der Waals surface area contributed by atoms with Gasteiger partial charge in [-0.3, -0.25) is 9.97 Å². The second-order valence-electron chi connectivity index (χ2n) is 19.4. The van der Waals surface area contributed by atoms with E-state index in [1.165, 1.54) is 0 Å². The summed E-state index contributed by atoms with van der Waals surface area (Å²) in [6.45, 7) is 0.763. The third-order valence-electron chi connectivity index (χ3n) is 14.5. The molecule has 6 aromatic heterocycles. The third-order valence-corrected chi connectivity index (χ3v) is 14.5. The van der Waals surface area contributed by atoms with Crippen molar-refractivity contribution >= 4 is 43.6 Å². The molecule has 0 unspecified atom stereocenters. The van der Waals surface area contributed by atoms with E-state index in [1.807, 2.05) is 97.6 Å². The van der Waals surface area contributed by atoms with Gasteiger partial charge in [-0.2, -0.15) is 0 Å². The van der Waals surface area contributed by atoms with Crippen LogP contribution in [0.3, 0.4) is 0 Å². The molecular weight excluding hydrogens is 957 g/mol.